The molecule has 1 aliphatic rings. The number of hydrogen-bond acceptors (Lipinski definition) is 2. The largest absolute Gasteiger partial charge is 0.339 e. The molecule has 0 aliphatic carbocycles. The highest BCUT2D eigenvalue weighted by atomic mass is 16.2. The van der Waals surface area contributed by atoms with Gasteiger partial charge in [0.15, 0.2) is 0 Å². The van der Waals surface area contributed by atoms with Gasteiger partial charge in [0.1, 0.15) is 0 Å². The zero-order valence-electron chi connectivity index (χ0n) is 12.7. The predicted molar refractivity (Wildman–Crippen MR) is 84.3 cm³/mol. The van der Waals surface area contributed by atoms with Crippen molar-refractivity contribution in [3.8, 4) is 0 Å². The Labute approximate surface area is 125 Å². The van der Waals surface area contributed by atoms with E-state index in [4.69, 9.17) is 0 Å². The topological polar surface area (TPSA) is 49.4 Å². The van der Waals surface area contributed by atoms with E-state index in [2.05, 4.69) is 18.8 Å². The Morgan fingerprint density at radius 2 is 2.00 bits per heavy atom. The molecule has 1 N–H and O–H groups in total. The summed E-state index contributed by atoms with van der Waals surface area (Å²) in [6.45, 7) is 9.19. The SMILES string of the molecule is C=CC(=O)Nc1ccc(C(=O)N2CCC(C)CC2)cc1C. The number of likely N-dealkylation sites (tertiary alicyclic amines) is 1. The molecule has 1 heterocycles. The molecule has 0 bridgehead atoms. The van der Waals surface area contributed by atoms with Crippen LogP contribution in [0.2, 0.25) is 0 Å². The van der Waals surface area contributed by atoms with Gasteiger partial charge in [0, 0.05) is 24.3 Å². The second-order valence-electron chi connectivity index (χ2n) is 5.70. The van der Waals surface area contributed by atoms with E-state index in [9.17, 15) is 9.59 Å². The molecule has 1 aliphatic heterocycles. The van der Waals surface area contributed by atoms with Crippen LogP contribution in [0.3, 0.4) is 0 Å². The van der Waals surface area contributed by atoms with Crippen LogP contribution in [0.4, 0.5) is 5.69 Å². The standard InChI is InChI=1S/C17H22N2O2/c1-4-16(20)18-15-6-5-14(11-13(15)3)17(21)19-9-7-12(2)8-10-19/h4-6,11-12H,1,7-10H2,2-3H3,(H,18,20). The molecule has 0 unspecified atom stereocenters. The van der Waals surface area contributed by atoms with Gasteiger partial charge in [-0.1, -0.05) is 13.5 Å². The zero-order valence-corrected chi connectivity index (χ0v) is 12.7. The Morgan fingerprint density at radius 3 is 2.57 bits per heavy atom. The van der Waals surface area contributed by atoms with Crippen LogP contribution in [-0.4, -0.2) is 29.8 Å². The quantitative estimate of drug-likeness (QED) is 0.868. The van der Waals surface area contributed by atoms with Crippen molar-refractivity contribution in [3.63, 3.8) is 0 Å². The van der Waals surface area contributed by atoms with Crippen molar-refractivity contribution < 1.29 is 9.59 Å². The molecule has 4 nitrogen and oxygen atoms in total. The first-order chi connectivity index (χ1) is 10.0. The number of amides is 2. The number of hydrogen-bond donors (Lipinski definition) is 1. The summed E-state index contributed by atoms with van der Waals surface area (Å²) >= 11 is 0. The Balaban J connectivity index is 2.10. The molecule has 1 saturated heterocycles. The Morgan fingerprint density at radius 1 is 1.33 bits per heavy atom. The molecule has 0 aromatic heterocycles. The van der Waals surface area contributed by atoms with Gasteiger partial charge in [-0.3, -0.25) is 9.59 Å². The number of nitrogens with zero attached hydrogens (tertiary/aromatic N) is 1. The maximum Gasteiger partial charge on any atom is 0.253 e. The minimum atomic E-state index is -0.248. The van der Waals surface area contributed by atoms with Gasteiger partial charge in [0.05, 0.1) is 0 Å². The minimum absolute atomic E-state index is 0.0756. The van der Waals surface area contributed by atoms with Crippen molar-refractivity contribution in [1.82, 2.24) is 4.90 Å². The smallest absolute Gasteiger partial charge is 0.253 e. The molecular weight excluding hydrogens is 264 g/mol. The third-order valence-electron chi connectivity index (χ3n) is 3.99. The van der Waals surface area contributed by atoms with Crippen molar-refractivity contribution >= 4 is 17.5 Å². The van der Waals surface area contributed by atoms with Gasteiger partial charge in [-0.05, 0) is 55.5 Å². The summed E-state index contributed by atoms with van der Waals surface area (Å²) in [7, 11) is 0. The third kappa shape index (κ3) is 3.72. The van der Waals surface area contributed by atoms with Crippen LogP contribution in [-0.2, 0) is 4.79 Å². The van der Waals surface area contributed by atoms with Crippen LogP contribution in [0.25, 0.3) is 0 Å². The van der Waals surface area contributed by atoms with E-state index >= 15 is 0 Å². The molecule has 1 fully saturated rings. The van der Waals surface area contributed by atoms with Gasteiger partial charge in [-0.2, -0.15) is 0 Å². The summed E-state index contributed by atoms with van der Waals surface area (Å²) in [5, 5.41) is 2.73. The van der Waals surface area contributed by atoms with Crippen LogP contribution in [0.1, 0.15) is 35.7 Å². The fourth-order valence-electron chi connectivity index (χ4n) is 2.51. The number of piperidine rings is 1. The van der Waals surface area contributed by atoms with Crippen LogP contribution >= 0.6 is 0 Å². The fourth-order valence-corrected chi connectivity index (χ4v) is 2.51. The van der Waals surface area contributed by atoms with Gasteiger partial charge < -0.3 is 10.2 Å². The molecule has 0 saturated carbocycles. The molecule has 112 valence electrons. The van der Waals surface area contributed by atoms with Crippen molar-refractivity contribution in [1.29, 1.82) is 0 Å². The Bertz CT molecular complexity index is 558. The lowest BCUT2D eigenvalue weighted by molar-refractivity contribution is -0.111. The highest BCUT2D eigenvalue weighted by Crippen LogP contribution is 2.21. The summed E-state index contributed by atoms with van der Waals surface area (Å²) in [6, 6.07) is 5.38. The van der Waals surface area contributed by atoms with Crippen LogP contribution in [0.15, 0.2) is 30.9 Å². The maximum atomic E-state index is 12.5. The molecule has 0 spiro atoms. The van der Waals surface area contributed by atoms with E-state index in [1.807, 2.05) is 17.9 Å². The summed E-state index contributed by atoms with van der Waals surface area (Å²) in [5.74, 6) is 0.529. The second-order valence-corrected chi connectivity index (χ2v) is 5.70. The first-order valence-corrected chi connectivity index (χ1v) is 7.34. The van der Waals surface area contributed by atoms with E-state index in [-0.39, 0.29) is 11.8 Å². The zero-order chi connectivity index (χ0) is 15.4. The molecule has 0 atom stereocenters. The van der Waals surface area contributed by atoms with Crippen LogP contribution in [0.5, 0.6) is 0 Å². The molecule has 1 aromatic rings. The van der Waals surface area contributed by atoms with E-state index in [1.165, 1.54) is 6.08 Å². The summed E-state index contributed by atoms with van der Waals surface area (Å²) < 4.78 is 0. The molecule has 2 rings (SSSR count). The number of benzene rings is 1. The normalized spacial score (nSPS) is 15.6. The molecule has 1 aromatic carbocycles. The van der Waals surface area contributed by atoms with Gasteiger partial charge in [0.25, 0.3) is 5.91 Å². The van der Waals surface area contributed by atoms with Crippen molar-refractivity contribution in [2.24, 2.45) is 5.92 Å². The molecular formula is C17H22N2O2. The number of anilines is 1. The molecule has 2 amide bonds. The monoisotopic (exact) mass is 286 g/mol. The third-order valence-corrected chi connectivity index (χ3v) is 3.99. The predicted octanol–water partition coefficient (Wildman–Crippen LogP) is 2.99. The van der Waals surface area contributed by atoms with Crippen molar-refractivity contribution in [3.05, 3.63) is 42.0 Å². The number of aryl methyl sites for hydroxylation is 1. The molecule has 4 heteroatoms. The number of carbonyl (C=O) groups is 2. The van der Waals surface area contributed by atoms with Gasteiger partial charge in [-0.15, -0.1) is 0 Å². The lowest BCUT2D eigenvalue weighted by atomic mass is 9.98. The van der Waals surface area contributed by atoms with Gasteiger partial charge in [-0.25, -0.2) is 0 Å². The molecule has 0 radical (unpaired) electrons. The van der Waals surface area contributed by atoms with Crippen molar-refractivity contribution in [2.75, 3.05) is 18.4 Å². The lowest BCUT2D eigenvalue weighted by Gasteiger charge is -2.30. The Kier molecular flexibility index (Phi) is 4.78. The first-order valence-electron chi connectivity index (χ1n) is 7.34. The average molecular weight is 286 g/mol. The first kappa shape index (κ1) is 15.3. The molecule has 21 heavy (non-hydrogen) atoms. The van der Waals surface area contributed by atoms with E-state index in [0.717, 1.165) is 31.5 Å². The highest BCUT2D eigenvalue weighted by molar-refractivity contribution is 6.00. The van der Waals surface area contributed by atoms with E-state index in [0.29, 0.717) is 17.2 Å². The Hall–Kier alpha value is -2.10. The number of rotatable bonds is 3. The van der Waals surface area contributed by atoms with E-state index in [1.54, 1.807) is 12.1 Å². The van der Waals surface area contributed by atoms with Gasteiger partial charge in [0.2, 0.25) is 5.91 Å². The highest BCUT2D eigenvalue weighted by Gasteiger charge is 2.21. The van der Waals surface area contributed by atoms with Crippen LogP contribution < -0.4 is 5.32 Å². The average Bonchev–Trinajstić information content (AvgIpc) is 2.49. The second kappa shape index (κ2) is 6.57. The lowest BCUT2D eigenvalue weighted by Crippen LogP contribution is -2.37. The summed E-state index contributed by atoms with van der Waals surface area (Å²) in [5.41, 5.74) is 2.27. The van der Waals surface area contributed by atoms with Crippen LogP contribution in [0, 0.1) is 12.8 Å². The summed E-state index contributed by atoms with van der Waals surface area (Å²) in [4.78, 5) is 25.7. The number of nitrogens with one attached hydrogen (secondary N) is 1. The maximum absolute atomic E-state index is 12.5. The summed E-state index contributed by atoms with van der Waals surface area (Å²) in [6.07, 6.45) is 3.36. The van der Waals surface area contributed by atoms with E-state index < -0.39 is 0 Å². The minimum Gasteiger partial charge on any atom is -0.339 e. The fraction of sp³-hybridized carbons (Fsp3) is 0.412. The van der Waals surface area contributed by atoms with Crippen molar-refractivity contribution in [2.45, 2.75) is 26.7 Å². The van der Waals surface area contributed by atoms with Gasteiger partial charge >= 0.3 is 0 Å². The number of carbonyl (C=O) groups excluding carboxylic acids is 2.